The molecule has 0 heterocycles. The maximum absolute atomic E-state index is 2.45. The zero-order valence-electron chi connectivity index (χ0n) is 8.93. The quantitative estimate of drug-likeness (QED) is 0.543. The van der Waals surface area contributed by atoms with Gasteiger partial charge in [0.25, 0.3) is 0 Å². The normalized spacial score (nSPS) is 41.7. The first-order chi connectivity index (χ1) is 5.64. The van der Waals surface area contributed by atoms with Crippen LogP contribution >= 0.6 is 0 Å². The van der Waals surface area contributed by atoms with E-state index >= 15 is 0 Å². The van der Waals surface area contributed by atoms with Gasteiger partial charge in [0.1, 0.15) is 0 Å². The molecule has 3 unspecified atom stereocenters. The lowest BCUT2D eigenvalue weighted by Gasteiger charge is -2.41. The average molecular weight is 166 g/mol. The Hall–Kier alpha value is -0.260. The van der Waals surface area contributed by atoms with Gasteiger partial charge in [-0.05, 0) is 30.1 Å². The van der Waals surface area contributed by atoms with Gasteiger partial charge < -0.3 is 0 Å². The van der Waals surface area contributed by atoms with E-state index in [9.17, 15) is 0 Å². The van der Waals surface area contributed by atoms with E-state index < -0.39 is 0 Å². The molecule has 0 saturated carbocycles. The number of allylic oxidation sites excluding steroid dienone is 2. The molecule has 0 nitrogen and oxygen atoms in total. The summed E-state index contributed by atoms with van der Waals surface area (Å²) in [5, 5.41) is 0. The zero-order valence-corrected chi connectivity index (χ0v) is 8.93. The second-order valence-electron chi connectivity index (χ2n) is 4.49. The minimum Gasteiger partial charge on any atom is -0.0877 e. The van der Waals surface area contributed by atoms with Crippen molar-refractivity contribution in [2.75, 3.05) is 0 Å². The SMILES string of the molecule is CCC1C(C)CC=CC1(C)CC. The van der Waals surface area contributed by atoms with Gasteiger partial charge in [-0.25, -0.2) is 0 Å². The van der Waals surface area contributed by atoms with Gasteiger partial charge in [0.15, 0.2) is 0 Å². The molecule has 0 fully saturated rings. The molecule has 0 aromatic rings. The van der Waals surface area contributed by atoms with Crippen molar-refractivity contribution in [1.29, 1.82) is 0 Å². The predicted molar refractivity (Wildman–Crippen MR) is 55.1 cm³/mol. The molecule has 0 amide bonds. The van der Waals surface area contributed by atoms with Crippen LogP contribution in [0.2, 0.25) is 0 Å². The van der Waals surface area contributed by atoms with Crippen molar-refractivity contribution in [1.82, 2.24) is 0 Å². The van der Waals surface area contributed by atoms with E-state index in [4.69, 9.17) is 0 Å². The molecule has 0 bridgehead atoms. The van der Waals surface area contributed by atoms with Crippen molar-refractivity contribution >= 4 is 0 Å². The Balaban J connectivity index is 2.82. The molecule has 12 heavy (non-hydrogen) atoms. The smallest absolute Gasteiger partial charge is 0.0118 e. The molecule has 0 heteroatoms. The fourth-order valence-electron chi connectivity index (χ4n) is 2.74. The van der Waals surface area contributed by atoms with E-state index in [2.05, 4.69) is 39.8 Å². The van der Waals surface area contributed by atoms with Crippen molar-refractivity contribution in [3.05, 3.63) is 12.2 Å². The van der Waals surface area contributed by atoms with E-state index in [-0.39, 0.29) is 0 Å². The Morgan fingerprint density at radius 1 is 1.42 bits per heavy atom. The Morgan fingerprint density at radius 3 is 2.50 bits per heavy atom. The molecule has 3 atom stereocenters. The largest absolute Gasteiger partial charge is 0.0877 e. The average Bonchev–Trinajstić information content (AvgIpc) is 2.05. The van der Waals surface area contributed by atoms with Crippen LogP contribution in [0.5, 0.6) is 0 Å². The first-order valence-corrected chi connectivity index (χ1v) is 5.31. The van der Waals surface area contributed by atoms with Crippen LogP contribution in [0, 0.1) is 17.3 Å². The highest BCUT2D eigenvalue weighted by Gasteiger charge is 2.34. The van der Waals surface area contributed by atoms with Crippen LogP contribution in [0.4, 0.5) is 0 Å². The highest BCUT2D eigenvalue weighted by Crippen LogP contribution is 2.43. The van der Waals surface area contributed by atoms with Crippen LogP contribution in [0.1, 0.15) is 47.0 Å². The summed E-state index contributed by atoms with van der Waals surface area (Å²) in [5.74, 6) is 1.78. The Morgan fingerprint density at radius 2 is 2.08 bits per heavy atom. The van der Waals surface area contributed by atoms with Crippen LogP contribution in [0.15, 0.2) is 12.2 Å². The van der Waals surface area contributed by atoms with Crippen molar-refractivity contribution < 1.29 is 0 Å². The molecule has 0 N–H and O–H groups in total. The summed E-state index contributed by atoms with van der Waals surface area (Å²) in [6.07, 6.45) is 8.72. The third-order valence-electron chi connectivity index (χ3n) is 3.74. The fraction of sp³-hybridized carbons (Fsp3) is 0.833. The van der Waals surface area contributed by atoms with Crippen molar-refractivity contribution in [2.24, 2.45) is 17.3 Å². The molecule has 0 spiro atoms. The van der Waals surface area contributed by atoms with Crippen LogP contribution < -0.4 is 0 Å². The maximum atomic E-state index is 2.45. The summed E-state index contributed by atoms with van der Waals surface area (Å²) in [6, 6.07) is 0. The van der Waals surface area contributed by atoms with Gasteiger partial charge in [0, 0.05) is 0 Å². The Labute approximate surface area is 77.1 Å². The van der Waals surface area contributed by atoms with Crippen LogP contribution in [-0.4, -0.2) is 0 Å². The molecule has 0 aromatic carbocycles. The molecule has 0 radical (unpaired) electrons. The zero-order chi connectivity index (χ0) is 9.19. The monoisotopic (exact) mass is 166 g/mol. The summed E-state index contributed by atoms with van der Waals surface area (Å²) < 4.78 is 0. The van der Waals surface area contributed by atoms with Gasteiger partial charge >= 0.3 is 0 Å². The number of hydrogen-bond acceptors (Lipinski definition) is 0. The highest BCUT2D eigenvalue weighted by atomic mass is 14.4. The van der Waals surface area contributed by atoms with E-state index in [0.29, 0.717) is 5.41 Å². The molecule has 0 saturated heterocycles. The maximum Gasteiger partial charge on any atom is -0.0118 e. The second-order valence-corrected chi connectivity index (χ2v) is 4.49. The van der Waals surface area contributed by atoms with Gasteiger partial charge in [0.2, 0.25) is 0 Å². The van der Waals surface area contributed by atoms with Crippen LogP contribution in [0.25, 0.3) is 0 Å². The Kier molecular flexibility index (Phi) is 2.98. The highest BCUT2D eigenvalue weighted by molar-refractivity contribution is 5.06. The lowest BCUT2D eigenvalue weighted by molar-refractivity contribution is 0.155. The topological polar surface area (TPSA) is 0 Å². The molecular formula is C12H22. The Bertz CT molecular complexity index is 169. The molecule has 1 rings (SSSR count). The molecular weight excluding hydrogens is 144 g/mol. The molecule has 0 aromatic heterocycles. The van der Waals surface area contributed by atoms with Crippen LogP contribution in [0.3, 0.4) is 0 Å². The van der Waals surface area contributed by atoms with Crippen LogP contribution in [-0.2, 0) is 0 Å². The summed E-state index contributed by atoms with van der Waals surface area (Å²) >= 11 is 0. The fourth-order valence-corrected chi connectivity index (χ4v) is 2.74. The summed E-state index contributed by atoms with van der Waals surface area (Å²) in [6.45, 7) is 9.44. The van der Waals surface area contributed by atoms with Gasteiger partial charge in [0.05, 0.1) is 0 Å². The van der Waals surface area contributed by atoms with E-state index in [1.807, 2.05) is 0 Å². The lowest BCUT2D eigenvalue weighted by Crippen LogP contribution is -2.31. The van der Waals surface area contributed by atoms with Crippen molar-refractivity contribution in [3.63, 3.8) is 0 Å². The van der Waals surface area contributed by atoms with Crippen molar-refractivity contribution in [2.45, 2.75) is 47.0 Å². The van der Waals surface area contributed by atoms with Gasteiger partial charge in [-0.3, -0.25) is 0 Å². The lowest BCUT2D eigenvalue weighted by atomic mass is 9.64. The van der Waals surface area contributed by atoms with E-state index in [1.54, 1.807) is 0 Å². The molecule has 1 aliphatic rings. The van der Waals surface area contributed by atoms with Gasteiger partial charge in [-0.1, -0.05) is 46.3 Å². The third-order valence-corrected chi connectivity index (χ3v) is 3.74. The molecule has 1 aliphatic carbocycles. The van der Waals surface area contributed by atoms with E-state index in [1.165, 1.54) is 19.3 Å². The van der Waals surface area contributed by atoms with Gasteiger partial charge in [-0.2, -0.15) is 0 Å². The first-order valence-electron chi connectivity index (χ1n) is 5.31. The number of rotatable bonds is 2. The number of hydrogen-bond donors (Lipinski definition) is 0. The van der Waals surface area contributed by atoms with Crippen molar-refractivity contribution in [3.8, 4) is 0 Å². The minimum atomic E-state index is 0.479. The predicted octanol–water partition coefficient (Wildman–Crippen LogP) is 4.02. The summed E-state index contributed by atoms with van der Waals surface area (Å²) in [7, 11) is 0. The van der Waals surface area contributed by atoms with E-state index in [0.717, 1.165) is 11.8 Å². The minimum absolute atomic E-state index is 0.479. The summed E-state index contributed by atoms with van der Waals surface area (Å²) in [4.78, 5) is 0. The van der Waals surface area contributed by atoms with Gasteiger partial charge in [-0.15, -0.1) is 0 Å². The second kappa shape index (κ2) is 3.64. The summed E-state index contributed by atoms with van der Waals surface area (Å²) in [5.41, 5.74) is 0.479. The standard InChI is InChI=1S/C12H22/c1-5-11-10(3)8-7-9-12(11,4)6-2/h7,9-11H,5-6,8H2,1-4H3. The molecule has 70 valence electrons. The third kappa shape index (κ3) is 1.57. The first kappa shape index (κ1) is 9.83. The molecule has 0 aliphatic heterocycles.